The molecule has 2 atom stereocenters. The zero-order valence-corrected chi connectivity index (χ0v) is 27.9. The first-order chi connectivity index (χ1) is 20.7. The Morgan fingerprint density at radius 1 is 1.14 bits per heavy atom. The molecule has 0 aromatic carbocycles. The fraction of sp³-hybridized carbons (Fsp3) is 0.697. The van der Waals surface area contributed by atoms with Crippen molar-refractivity contribution in [3.8, 4) is 0 Å². The van der Waals surface area contributed by atoms with Gasteiger partial charge in [0.15, 0.2) is 0 Å². The van der Waals surface area contributed by atoms with Crippen molar-refractivity contribution in [2.75, 3.05) is 57.8 Å². The van der Waals surface area contributed by atoms with E-state index in [4.69, 9.17) is 18.9 Å². The maximum Gasteiger partial charge on any atom is 0.410 e. The minimum Gasteiger partial charge on any atom is -0.467 e. The molecule has 44 heavy (non-hydrogen) atoms. The van der Waals surface area contributed by atoms with Gasteiger partial charge in [-0.25, -0.2) is 14.8 Å². The third-order valence-electron chi connectivity index (χ3n) is 7.75. The van der Waals surface area contributed by atoms with Crippen molar-refractivity contribution in [1.29, 1.82) is 0 Å². The van der Waals surface area contributed by atoms with Crippen LogP contribution < -0.4 is 5.32 Å². The number of hydrogen-bond donors (Lipinski definition) is 1. The van der Waals surface area contributed by atoms with Crippen LogP contribution in [-0.4, -0.2) is 101 Å². The number of piperidine rings is 1. The summed E-state index contributed by atoms with van der Waals surface area (Å²) < 4.78 is 16.9. The molecule has 2 aromatic rings. The van der Waals surface area contributed by atoms with E-state index in [1.54, 1.807) is 17.4 Å². The second-order valence-electron chi connectivity index (χ2n) is 14.5. The molecular weight excluding hydrogens is 560 g/mol. The molecular formula is C33H52N6O5. The predicted molar refractivity (Wildman–Crippen MR) is 170 cm³/mol. The molecule has 2 unspecified atom stereocenters. The number of nitrogens with one attached hydrogen (secondary N) is 1. The zero-order valence-electron chi connectivity index (χ0n) is 27.9. The van der Waals surface area contributed by atoms with Crippen LogP contribution in [-0.2, 0) is 21.4 Å². The van der Waals surface area contributed by atoms with Crippen molar-refractivity contribution in [3.05, 3.63) is 41.7 Å². The summed E-state index contributed by atoms with van der Waals surface area (Å²) in [6.45, 7) is 21.9. The third-order valence-corrected chi connectivity index (χ3v) is 7.75. The molecule has 2 fully saturated rings. The van der Waals surface area contributed by atoms with Gasteiger partial charge in [0.05, 0.1) is 32.1 Å². The third kappa shape index (κ3) is 9.41. The average Bonchev–Trinajstić information content (AvgIpc) is 3.47. The largest absolute Gasteiger partial charge is 0.467 e. The van der Waals surface area contributed by atoms with Crippen LogP contribution in [0.2, 0.25) is 0 Å². The van der Waals surface area contributed by atoms with Gasteiger partial charge in [0.1, 0.15) is 28.6 Å². The summed E-state index contributed by atoms with van der Waals surface area (Å²) in [7, 11) is 0. The molecule has 2 aromatic heterocycles. The summed E-state index contributed by atoms with van der Waals surface area (Å²) in [6.07, 6.45) is 3.71. The van der Waals surface area contributed by atoms with Gasteiger partial charge < -0.3 is 29.0 Å². The molecule has 0 bridgehead atoms. The van der Waals surface area contributed by atoms with Gasteiger partial charge in [-0.05, 0) is 51.2 Å². The van der Waals surface area contributed by atoms with Crippen molar-refractivity contribution in [2.45, 2.75) is 85.4 Å². The first kappa shape index (κ1) is 33.7. The Labute approximate surface area is 262 Å². The van der Waals surface area contributed by atoms with Crippen LogP contribution in [0.3, 0.4) is 0 Å². The van der Waals surface area contributed by atoms with E-state index >= 15 is 0 Å². The highest BCUT2D eigenvalue weighted by Gasteiger charge is 2.39. The summed E-state index contributed by atoms with van der Waals surface area (Å²) in [5, 5.41) is 3.34. The molecule has 244 valence electrons. The number of furan rings is 1. The topological polar surface area (TPSA) is 113 Å². The molecule has 2 aliphatic heterocycles. The van der Waals surface area contributed by atoms with Crippen LogP contribution in [0.25, 0.3) is 0 Å². The summed E-state index contributed by atoms with van der Waals surface area (Å²) in [6, 6.07) is 3.52. The van der Waals surface area contributed by atoms with E-state index in [-0.39, 0.29) is 35.3 Å². The summed E-state index contributed by atoms with van der Waals surface area (Å²) in [4.78, 5) is 43.5. The number of aromatic nitrogens is 2. The van der Waals surface area contributed by atoms with E-state index in [9.17, 15) is 9.59 Å². The van der Waals surface area contributed by atoms with Gasteiger partial charge in [-0.3, -0.25) is 9.69 Å². The number of ether oxygens (including phenoxy) is 2. The second-order valence-corrected chi connectivity index (χ2v) is 14.5. The lowest BCUT2D eigenvalue weighted by Crippen LogP contribution is -2.57. The molecule has 2 aliphatic rings. The Hall–Kier alpha value is -3.18. The van der Waals surface area contributed by atoms with Crippen molar-refractivity contribution in [3.63, 3.8) is 0 Å². The highest BCUT2D eigenvalue weighted by molar-refractivity contribution is 5.98. The molecule has 0 saturated carbocycles. The number of likely N-dealkylation sites (tertiary alicyclic amines) is 1. The van der Waals surface area contributed by atoms with E-state index in [0.29, 0.717) is 56.6 Å². The number of nitrogens with zero attached hydrogens (tertiary/aromatic N) is 5. The molecule has 4 heterocycles. The van der Waals surface area contributed by atoms with E-state index in [1.165, 1.54) is 0 Å². The quantitative estimate of drug-likeness (QED) is 0.416. The van der Waals surface area contributed by atoms with Gasteiger partial charge in [-0.15, -0.1) is 0 Å². The first-order valence-electron chi connectivity index (χ1n) is 15.9. The highest BCUT2D eigenvalue weighted by Crippen LogP contribution is 2.29. The van der Waals surface area contributed by atoms with Gasteiger partial charge in [0.2, 0.25) is 0 Å². The van der Waals surface area contributed by atoms with Crippen LogP contribution in [0.4, 0.5) is 10.6 Å². The van der Waals surface area contributed by atoms with Crippen molar-refractivity contribution < 1.29 is 23.5 Å². The SMILES string of the molecule is CC(C)CN(C(=O)c1cnc(C(C)(C)C)nc1NCc1ccco1)C1CC(CN2CCOCC2)CN(C(=O)OC(C)(C)C)C1. The Kier molecular flexibility index (Phi) is 10.9. The number of anilines is 1. The van der Waals surface area contributed by atoms with Crippen LogP contribution in [0.5, 0.6) is 0 Å². The smallest absolute Gasteiger partial charge is 0.410 e. The minimum atomic E-state index is -0.613. The molecule has 0 spiro atoms. The maximum atomic E-state index is 14.5. The van der Waals surface area contributed by atoms with Gasteiger partial charge in [0.25, 0.3) is 5.91 Å². The molecule has 1 N–H and O–H groups in total. The van der Waals surface area contributed by atoms with Gasteiger partial charge in [-0.1, -0.05) is 34.6 Å². The van der Waals surface area contributed by atoms with E-state index < -0.39 is 5.60 Å². The van der Waals surface area contributed by atoms with E-state index in [1.807, 2.05) is 58.6 Å². The lowest BCUT2D eigenvalue weighted by molar-refractivity contribution is -0.0104. The van der Waals surface area contributed by atoms with Crippen LogP contribution in [0.1, 0.15) is 83.8 Å². The highest BCUT2D eigenvalue weighted by atomic mass is 16.6. The van der Waals surface area contributed by atoms with E-state index in [0.717, 1.165) is 31.8 Å². The van der Waals surface area contributed by atoms with Crippen LogP contribution in [0.15, 0.2) is 29.0 Å². The molecule has 2 amide bonds. The fourth-order valence-electron chi connectivity index (χ4n) is 5.72. The molecule has 11 heteroatoms. The lowest BCUT2D eigenvalue weighted by atomic mass is 9.91. The number of carbonyl (C=O) groups excluding carboxylic acids is 2. The molecule has 2 saturated heterocycles. The van der Waals surface area contributed by atoms with Crippen molar-refractivity contribution in [2.24, 2.45) is 11.8 Å². The maximum absolute atomic E-state index is 14.5. The Morgan fingerprint density at radius 3 is 2.48 bits per heavy atom. The summed E-state index contributed by atoms with van der Waals surface area (Å²) in [5.74, 6) is 2.10. The Bertz CT molecular complexity index is 1230. The number of hydrogen-bond acceptors (Lipinski definition) is 9. The Balaban J connectivity index is 1.65. The lowest BCUT2D eigenvalue weighted by Gasteiger charge is -2.44. The second kappa shape index (κ2) is 14.3. The fourth-order valence-corrected chi connectivity index (χ4v) is 5.72. The Morgan fingerprint density at radius 2 is 1.86 bits per heavy atom. The first-order valence-corrected chi connectivity index (χ1v) is 15.9. The van der Waals surface area contributed by atoms with E-state index in [2.05, 4.69) is 29.0 Å². The van der Waals surface area contributed by atoms with Crippen LogP contribution >= 0.6 is 0 Å². The summed E-state index contributed by atoms with van der Waals surface area (Å²) >= 11 is 0. The molecule has 0 aliphatic carbocycles. The average molecular weight is 613 g/mol. The van der Waals surface area contributed by atoms with Gasteiger partial charge in [0, 0.05) is 50.9 Å². The standard InChI is InChI=1S/C33H52N6O5/c1-23(2)19-39(29(40)27-18-35-30(32(3,4)5)36-28(27)34-17-26-10-9-13-43-26)25-16-24(20-37-11-14-42-15-12-37)21-38(22-25)31(41)44-33(6,7)8/h9-10,13,18,23-25H,11-12,14-17,19-22H2,1-8H3,(H,34,35,36). The van der Waals surface area contributed by atoms with Crippen molar-refractivity contribution >= 4 is 17.8 Å². The number of carbonyl (C=O) groups is 2. The minimum absolute atomic E-state index is 0.151. The van der Waals surface area contributed by atoms with Gasteiger partial charge in [-0.2, -0.15) is 0 Å². The van der Waals surface area contributed by atoms with Crippen molar-refractivity contribution in [1.82, 2.24) is 24.7 Å². The summed E-state index contributed by atoms with van der Waals surface area (Å²) in [5.41, 5.74) is -0.508. The number of rotatable bonds is 9. The van der Waals surface area contributed by atoms with Gasteiger partial charge >= 0.3 is 6.09 Å². The monoisotopic (exact) mass is 612 g/mol. The number of amides is 2. The molecule has 11 nitrogen and oxygen atoms in total. The molecule has 0 radical (unpaired) electrons. The predicted octanol–water partition coefficient (Wildman–Crippen LogP) is 5.04. The normalized spacial score (nSPS) is 20.1. The zero-order chi connectivity index (χ0) is 32.1. The number of morpholine rings is 1. The van der Waals surface area contributed by atoms with Crippen LogP contribution in [0, 0.1) is 11.8 Å². The molecule has 4 rings (SSSR count).